The number of nitrogens with zero attached hydrogens (tertiary/aromatic N) is 3. The molecule has 0 aromatic carbocycles. The summed E-state index contributed by atoms with van der Waals surface area (Å²) in [4.78, 5) is 30.8. The van der Waals surface area contributed by atoms with Crippen molar-refractivity contribution < 1.29 is 14.3 Å². The van der Waals surface area contributed by atoms with Crippen molar-refractivity contribution in [1.29, 1.82) is 0 Å². The molecule has 2 rings (SSSR count). The zero-order valence-corrected chi connectivity index (χ0v) is 12.7. The van der Waals surface area contributed by atoms with Gasteiger partial charge in [-0.3, -0.25) is 9.59 Å². The second kappa shape index (κ2) is 6.56. The quantitative estimate of drug-likeness (QED) is 0.835. The first kappa shape index (κ1) is 15.3. The van der Waals surface area contributed by atoms with Crippen molar-refractivity contribution >= 4 is 11.8 Å². The Morgan fingerprint density at radius 2 is 2.19 bits per heavy atom. The first-order chi connectivity index (χ1) is 10.0. The third kappa shape index (κ3) is 3.71. The van der Waals surface area contributed by atoms with Crippen molar-refractivity contribution in [2.24, 2.45) is 0 Å². The van der Waals surface area contributed by atoms with E-state index < -0.39 is 0 Å². The van der Waals surface area contributed by atoms with Crippen LogP contribution in [-0.4, -0.2) is 59.9 Å². The van der Waals surface area contributed by atoms with Gasteiger partial charge in [-0.1, -0.05) is 6.92 Å². The topological polar surface area (TPSA) is 62.7 Å². The van der Waals surface area contributed by atoms with Gasteiger partial charge < -0.3 is 14.5 Å². The van der Waals surface area contributed by atoms with Gasteiger partial charge in [0.15, 0.2) is 0 Å². The van der Waals surface area contributed by atoms with Crippen molar-refractivity contribution in [2.45, 2.75) is 25.9 Å². The van der Waals surface area contributed by atoms with Crippen molar-refractivity contribution in [1.82, 2.24) is 14.8 Å². The molecule has 1 aromatic rings. The fraction of sp³-hybridized carbons (Fsp3) is 0.533. The van der Waals surface area contributed by atoms with E-state index in [1.54, 1.807) is 26.2 Å². The first-order valence-corrected chi connectivity index (χ1v) is 7.13. The fourth-order valence-corrected chi connectivity index (χ4v) is 2.28. The number of hydrogen-bond acceptors (Lipinski definition) is 4. The van der Waals surface area contributed by atoms with Crippen molar-refractivity contribution in [2.75, 3.05) is 27.2 Å². The third-order valence-corrected chi connectivity index (χ3v) is 3.48. The Morgan fingerprint density at radius 3 is 2.76 bits per heavy atom. The highest BCUT2D eigenvalue weighted by Gasteiger charge is 2.26. The molecule has 1 saturated heterocycles. The molecule has 6 nitrogen and oxygen atoms in total. The molecular formula is C15H21N3O3. The molecule has 1 aliphatic heterocycles. The highest BCUT2D eigenvalue weighted by molar-refractivity contribution is 5.93. The Balaban J connectivity index is 1.93. The number of hydrogen-bond donors (Lipinski definition) is 0. The van der Waals surface area contributed by atoms with E-state index >= 15 is 0 Å². The Hall–Kier alpha value is -2.11. The van der Waals surface area contributed by atoms with E-state index in [-0.39, 0.29) is 17.9 Å². The summed E-state index contributed by atoms with van der Waals surface area (Å²) in [6.07, 6.45) is 2.82. The van der Waals surface area contributed by atoms with Gasteiger partial charge in [0.2, 0.25) is 11.8 Å². The van der Waals surface area contributed by atoms with Crippen LogP contribution in [0.2, 0.25) is 0 Å². The van der Waals surface area contributed by atoms with E-state index in [1.807, 2.05) is 11.8 Å². The second-order valence-electron chi connectivity index (χ2n) is 5.31. The third-order valence-electron chi connectivity index (χ3n) is 3.48. The lowest BCUT2D eigenvalue weighted by atomic mass is 10.2. The van der Waals surface area contributed by atoms with E-state index in [0.717, 1.165) is 13.0 Å². The van der Waals surface area contributed by atoms with E-state index in [0.29, 0.717) is 24.4 Å². The number of rotatable bonds is 4. The minimum atomic E-state index is -0.0883. The van der Waals surface area contributed by atoms with Crippen LogP contribution in [0.4, 0.5) is 0 Å². The summed E-state index contributed by atoms with van der Waals surface area (Å²) < 4.78 is 5.77. The molecular weight excluding hydrogens is 270 g/mol. The Morgan fingerprint density at radius 1 is 1.43 bits per heavy atom. The van der Waals surface area contributed by atoms with Crippen LogP contribution in [0.15, 0.2) is 18.3 Å². The van der Waals surface area contributed by atoms with E-state index in [9.17, 15) is 9.59 Å². The summed E-state index contributed by atoms with van der Waals surface area (Å²) in [6, 6.07) is 3.40. The molecule has 1 atom stereocenters. The number of ether oxygens (including phenoxy) is 1. The molecule has 0 spiro atoms. The minimum Gasteiger partial charge on any atom is -0.472 e. The summed E-state index contributed by atoms with van der Waals surface area (Å²) in [5.41, 5.74) is 0.529. The Labute approximate surface area is 124 Å². The lowest BCUT2D eigenvalue weighted by Crippen LogP contribution is -2.30. The SMILES string of the molecule is CCC(=O)N1CCC(Oc2ccc(C(=O)N(C)C)cn2)C1. The smallest absolute Gasteiger partial charge is 0.254 e. The monoisotopic (exact) mass is 291 g/mol. The van der Waals surface area contributed by atoms with Crippen LogP contribution >= 0.6 is 0 Å². The minimum absolute atomic E-state index is 0.0246. The number of amides is 2. The molecule has 0 bridgehead atoms. The molecule has 0 N–H and O–H groups in total. The van der Waals surface area contributed by atoms with Gasteiger partial charge in [0, 0.05) is 45.7 Å². The average molecular weight is 291 g/mol. The molecule has 1 unspecified atom stereocenters. The average Bonchev–Trinajstić information content (AvgIpc) is 2.95. The zero-order valence-electron chi connectivity index (χ0n) is 12.7. The molecule has 6 heteroatoms. The summed E-state index contributed by atoms with van der Waals surface area (Å²) in [5.74, 6) is 0.553. The first-order valence-electron chi connectivity index (χ1n) is 7.13. The maximum atomic E-state index is 11.8. The fourth-order valence-electron chi connectivity index (χ4n) is 2.28. The van der Waals surface area contributed by atoms with Crippen LogP contribution in [0.5, 0.6) is 5.88 Å². The van der Waals surface area contributed by atoms with Crippen LogP contribution in [0.25, 0.3) is 0 Å². The van der Waals surface area contributed by atoms with Gasteiger partial charge in [-0.05, 0) is 6.07 Å². The van der Waals surface area contributed by atoms with Gasteiger partial charge in [-0.2, -0.15) is 0 Å². The van der Waals surface area contributed by atoms with Gasteiger partial charge in [0.05, 0.1) is 12.1 Å². The highest BCUT2D eigenvalue weighted by atomic mass is 16.5. The molecule has 0 saturated carbocycles. The predicted octanol–water partition coefficient (Wildman–Crippen LogP) is 1.17. The predicted molar refractivity (Wildman–Crippen MR) is 78.2 cm³/mol. The molecule has 114 valence electrons. The second-order valence-corrected chi connectivity index (χ2v) is 5.31. The van der Waals surface area contributed by atoms with Gasteiger partial charge >= 0.3 is 0 Å². The number of pyridine rings is 1. The number of carbonyl (C=O) groups is 2. The standard InChI is InChI=1S/C15H21N3O3/c1-4-14(19)18-8-7-12(10-18)21-13-6-5-11(9-16-13)15(20)17(2)3/h5-6,9,12H,4,7-8,10H2,1-3H3. The van der Waals surface area contributed by atoms with E-state index in [4.69, 9.17) is 4.74 Å². The largest absolute Gasteiger partial charge is 0.472 e. The van der Waals surface area contributed by atoms with Gasteiger partial charge in [0.25, 0.3) is 5.91 Å². The van der Waals surface area contributed by atoms with Crippen LogP contribution in [0.3, 0.4) is 0 Å². The number of likely N-dealkylation sites (tertiary alicyclic amines) is 1. The lowest BCUT2D eigenvalue weighted by molar-refractivity contribution is -0.130. The van der Waals surface area contributed by atoms with Gasteiger partial charge in [-0.25, -0.2) is 4.98 Å². The molecule has 2 heterocycles. The zero-order chi connectivity index (χ0) is 15.4. The van der Waals surface area contributed by atoms with E-state index in [1.165, 1.54) is 11.1 Å². The van der Waals surface area contributed by atoms with Gasteiger partial charge in [-0.15, -0.1) is 0 Å². The van der Waals surface area contributed by atoms with Crippen LogP contribution < -0.4 is 4.74 Å². The maximum Gasteiger partial charge on any atom is 0.254 e. The Kier molecular flexibility index (Phi) is 4.77. The van der Waals surface area contributed by atoms with Gasteiger partial charge in [0.1, 0.15) is 6.10 Å². The summed E-state index contributed by atoms with van der Waals surface area (Å²) in [5, 5.41) is 0. The summed E-state index contributed by atoms with van der Waals surface area (Å²) >= 11 is 0. The molecule has 1 aromatic heterocycles. The molecule has 1 fully saturated rings. The molecule has 2 amide bonds. The molecule has 0 aliphatic carbocycles. The van der Waals surface area contributed by atoms with Crippen molar-refractivity contribution in [3.8, 4) is 5.88 Å². The summed E-state index contributed by atoms with van der Waals surface area (Å²) in [6.45, 7) is 3.19. The van der Waals surface area contributed by atoms with E-state index in [2.05, 4.69) is 4.98 Å². The molecule has 1 aliphatic rings. The highest BCUT2D eigenvalue weighted by Crippen LogP contribution is 2.17. The molecule has 0 radical (unpaired) electrons. The number of carbonyl (C=O) groups excluding carboxylic acids is 2. The van der Waals surface area contributed by atoms with Crippen LogP contribution in [-0.2, 0) is 4.79 Å². The normalized spacial score (nSPS) is 17.7. The molecule has 21 heavy (non-hydrogen) atoms. The maximum absolute atomic E-state index is 11.8. The van der Waals surface area contributed by atoms with Crippen molar-refractivity contribution in [3.05, 3.63) is 23.9 Å². The van der Waals surface area contributed by atoms with Crippen molar-refractivity contribution in [3.63, 3.8) is 0 Å². The Bertz CT molecular complexity index is 513. The van der Waals surface area contributed by atoms with Crippen LogP contribution in [0, 0.1) is 0 Å². The number of aromatic nitrogens is 1. The van der Waals surface area contributed by atoms with Crippen LogP contribution in [0.1, 0.15) is 30.1 Å². The lowest BCUT2D eigenvalue weighted by Gasteiger charge is -2.16. The summed E-state index contributed by atoms with van der Waals surface area (Å²) in [7, 11) is 3.40.